The summed E-state index contributed by atoms with van der Waals surface area (Å²) in [6.07, 6.45) is -3.82. The third kappa shape index (κ3) is 2.86. The molecule has 0 spiro atoms. The first kappa shape index (κ1) is 12.3. The summed E-state index contributed by atoms with van der Waals surface area (Å²) in [5, 5.41) is 21.4. The molecular formula is C8H16N2O5. The minimum Gasteiger partial charge on any atom is -0.387 e. The molecule has 1 rings (SSSR count). The fraction of sp³-hybridized carbons (Fsp3) is 0.875. The number of amides is 1. The molecule has 7 nitrogen and oxygen atoms in total. The van der Waals surface area contributed by atoms with Crippen LogP contribution in [0.2, 0.25) is 0 Å². The van der Waals surface area contributed by atoms with Crippen molar-refractivity contribution in [1.82, 2.24) is 5.32 Å². The number of carbonyl (C=O) groups is 1. The summed E-state index contributed by atoms with van der Waals surface area (Å²) in [4.78, 5) is 10.9. The Morgan fingerprint density at radius 2 is 2.20 bits per heavy atom. The van der Waals surface area contributed by atoms with Crippen molar-refractivity contribution in [3.63, 3.8) is 0 Å². The second kappa shape index (κ2) is 5.38. The van der Waals surface area contributed by atoms with Crippen molar-refractivity contribution < 1.29 is 24.5 Å². The Morgan fingerprint density at radius 1 is 1.53 bits per heavy atom. The molecule has 0 aromatic rings. The van der Waals surface area contributed by atoms with Gasteiger partial charge in [-0.15, -0.1) is 0 Å². The highest BCUT2D eigenvalue weighted by Crippen LogP contribution is 2.19. The Bertz CT molecular complexity index is 225. The van der Waals surface area contributed by atoms with E-state index in [4.69, 9.17) is 15.2 Å². The minimum absolute atomic E-state index is 0.146. The fourth-order valence-corrected chi connectivity index (χ4v) is 1.39. The summed E-state index contributed by atoms with van der Waals surface area (Å²) >= 11 is 0. The molecule has 1 heterocycles. The zero-order chi connectivity index (χ0) is 11.4. The molecule has 1 aliphatic rings. The zero-order valence-corrected chi connectivity index (χ0v) is 8.42. The van der Waals surface area contributed by atoms with Gasteiger partial charge in [-0.2, -0.15) is 0 Å². The Labute approximate surface area is 87.2 Å². The number of aliphatic hydroxyl groups is 2. The quantitative estimate of drug-likeness (QED) is 0.405. The van der Waals surface area contributed by atoms with Gasteiger partial charge in [0, 0.05) is 7.11 Å². The predicted molar refractivity (Wildman–Crippen MR) is 49.7 cm³/mol. The molecule has 4 atom stereocenters. The van der Waals surface area contributed by atoms with E-state index in [1.54, 1.807) is 0 Å². The van der Waals surface area contributed by atoms with Gasteiger partial charge in [-0.25, -0.2) is 0 Å². The SMILES string of the molecule is COC[C@H]1O[C@@H](NC(=O)CN)C(O)[C@H]1O. The maximum absolute atomic E-state index is 10.9. The number of ether oxygens (including phenoxy) is 2. The first-order chi connectivity index (χ1) is 7.10. The average molecular weight is 220 g/mol. The Balaban J connectivity index is 2.51. The lowest BCUT2D eigenvalue weighted by Gasteiger charge is -2.15. The van der Waals surface area contributed by atoms with Crippen molar-refractivity contribution in [2.75, 3.05) is 20.3 Å². The number of aliphatic hydroxyl groups excluding tert-OH is 2. The van der Waals surface area contributed by atoms with Crippen molar-refractivity contribution in [3.05, 3.63) is 0 Å². The van der Waals surface area contributed by atoms with Crippen LogP contribution in [0.3, 0.4) is 0 Å². The standard InChI is InChI=1S/C8H16N2O5/c1-14-3-4-6(12)7(13)8(15-4)10-5(11)2-9/h4,6-8,12-13H,2-3,9H2,1H3,(H,10,11)/t4-,6+,7?,8-/m1/s1. The van der Waals surface area contributed by atoms with Gasteiger partial charge in [-0.3, -0.25) is 4.79 Å². The van der Waals surface area contributed by atoms with Crippen LogP contribution in [-0.2, 0) is 14.3 Å². The molecule has 5 N–H and O–H groups in total. The second-order valence-electron chi connectivity index (χ2n) is 3.30. The van der Waals surface area contributed by atoms with Gasteiger partial charge in [0.05, 0.1) is 13.2 Å². The Kier molecular flexibility index (Phi) is 4.43. The molecule has 0 aliphatic carbocycles. The van der Waals surface area contributed by atoms with Gasteiger partial charge in [-0.05, 0) is 0 Å². The van der Waals surface area contributed by atoms with Gasteiger partial charge in [0.2, 0.25) is 5.91 Å². The van der Waals surface area contributed by atoms with Gasteiger partial charge < -0.3 is 30.7 Å². The first-order valence-electron chi connectivity index (χ1n) is 4.60. The van der Waals surface area contributed by atoms with Crippen molar-refractivity contribution in [2.45, 2.75) is 24.5 Å². The summed E-state index contributed by atoms with van der Waals surface area (Å²) < 4.78 is 9.98. The number of hydrogen-bond acceptors (Lipinski definition) is 6. The second-order valence-corrected chi connectivity index (χ2v) is 3.30. The van der Waals surface area contributed by atoms with E-state index < -0.39 is 30.4 Å². The van der Waals surface area contributed by atoms with Crippen LogP contribution >= 0.6 is 0 Å². The van der Waals surface area contributed by atoms with Crippen LogP contribution in [0.15, 0.2) is 0 Å². The smallest absolute Gasteiger partial charge is 0.235 e. The molecule has 0 radical (unpaired) electrons. The van der Waals surface area contributed by atoms with Crippen molar-refractivity contribution >= 4 is 5.91 Å². The molecule has 1 unspecified atom stereocenters. The van der Waals surface area contributed by atoms with Crippen LogP contribution in [0.25, 0.3) is 0 Å². The molecule has 0 saturated carbocycles. The van der Waals surface area contributed by atoms with Gasteiger partial charge >= 0.3 is 0 Å². The molecule has 1 aliphatic heterocycles. The van der Waals surface area contributed by atoms with E-state index in [1.807, 2.05) is 0 Å². The fourth-order valence-electron chi connectivity index (χ4n) is 1.39. The number of hydrogen-bond donors (Lipinski definition) is 4. The number of nitrogens with one attached hydrogen (secondary N) is 1. The summed E-state index contributed by atoms with van der Waals surface area (Å²) in [5.74, 6) is -0.454. The lowest BCUT2D eigenvalue weighted by molar-refractivity contribution is -0.126. The van der Waals surface area contributed by atoms with Crippen molar-refractivity contribution in [2.24, 2.45) is 5.73 Å². The van der Waals surface area contributed by atoms with E-state index in [9.17, 15) is 15.0 Å². The van der Waals surface area contributed by atoms with Crippen LogP contribution in [-0.4, -0.2) is 60.9 Å². The topological polar surface area (TPSA) is 114 Å². The van der Waals surface area contributed by atoms with Crippen molar-refractivity contribution in [1.29, 1.82) is 0 Å². The highest BCUT2D eigenvalue weighted by molar-refractivity contribution is 5.78. The lowest BCUT2D eigenvalue weighted by atomic mass is 10.1. The molecule has 88 valence electrons. The number of rotatable bonds is 4. The van der Waals surface area contributed by atoms with E-state index in [-0.39, 0.29) is 13.2 Å². The molecule has 0 bridgehead atoms. The van der Waals surface area contributed by atoms with E-state index >= 15 is 0 Å². The summed E-state index contributed by atoms with van der Waals surface area (Å²) in [5.41, 5.74) is 5.09. The Morgan fingerprint density at radius 3 is 2.73 bits per heavy atom. The predicted octanol–water partition coefficient (Wildman–Crippen LogP) is -2.85. The normalized spacial score (nSPS) is 35.5. The van der Waals surface area contributed by atoms with Gasteiger partial charge in [-0.1, -0.05) is 0 Å². The largest absolute Gasteiger partial charge is 0.387 e. The van der Waals surface area contributed by atoms with Gasteiger partial charge in [0.25, 0.3) is 0 Å². The van der Waals surface area contributed by atoms with Crippen LogP contribution in [0.4, 0.5) is 0 Å². The molecule has 1 fully saturated rings. The molecule has 1 saturated heterocycles. The van der Waals surface area contributed by atoms with Crippen LogP contribution in [0.1, 0.15) is 0 Å². The molecule has 0 aromatic heterocycles. The first-order valence-corrected chi connectivity index (χ1v) is 4.60. The van der Waals surface area contributed by atoms with E-state index in [0.717, 1.165) is 0 Å². The molecule has 0 aromatic carbocycles. The lowest BCUT2D eigenvalue weighted by Crippen LogP contribution is -2.45. The van der Waals surface area contributed by atoms with Crippen LogP contribution in [0.5, 0.6) is 0 Å². The summed E-state index contributed by atoms with van der Waals surface area (Å²) in [7, 11) is 1.45. The highest BCUT2D eigenvalue weighted by Gasteiger charge is 2.43. The molecule has 1 amide bonds. The minimum atomic E-state index is -1.17. The number of carbonyl (C=O) groups excluding carboxylic acids is 1. The summed E-state index contributed by atoms with van der Waals surface area (Å²) in [6, 6.07) is 0. The van der Waals surface area contributed by atoms with E-state index in [0.29, 0.717) is 0 Å². The van der Waals surface area contributed by atoms with Gasteiger partial charge in [0.15, 0.2) is 6.23 Å². The van der Waals surface area contributed by atoms with Crippen molar-refractivity contribution in [3.8, 4) is 0 Å². The maximum atomic E-state index is 10.9. The number of nitrogens with two attached hydrogens (primary N) is 1. The zero-order valence-electron chi connectivity index (χ0n) is 8.42. The highest BCUT2D eigenvalue weighted by atomic mass is 16.6. The third-order valence-electron chi connectivity index (χ3n) is 2.18. The Hall–Kier alpha value is -0.730. The van der Waals surface area contributed by atoms with Gasteiger partial charge in [0.1, 0.15) is 18.3 Å². The maximum Gasteiger partial charge on any atom is 0.235 e. The monoisotopic (exact) mass is 220 g/mol. The molecule has 7 heteroatoms. The number of methoxy groups -OCH3 is 1. The van der Waals surface area contributed by atoms with E-state index in [2.05, 4.69) is 5.32 Å². The van der Waals surface area contributed by atoms with Crippen LogP contribution < -0.4 is 11.1 Å². The summed E-state index contributed by atoms with van der Waals surface area (Å²) in [6.45, 7) is -0.0508. The van der Waals surface area contributed by atoms with E-state index in [1.165, 1.54) is 7.11 Å². The molecule has 15 heavy (non-hydrogen) atoms. The average Bonchev–Trinajstić information content (AvgIpc) is 2.47. The third-order valence-corrected chi connectivity index (χ3v) is 2.18. The molecular weight excluding hydrogens is 204 g/mol. The van der Waals surface area contributed by atoms with Crippen LogP contribution in [0, 0.1) is 0 Å².